The Labute approximate surface area is 163 Å². The Morgan fingerprint density at radius 2 is 1.81 bits per heavy atom. The normalized spacial score (nSPS) is 11.6. The average molecular weight is 391 g/mol. The van der Waals surface area contributed by atoms with Crippen LogP contribution in [0.5, 0.6) is 5.75 Å². The lowest BCUT2D eigenvalue weighted by atomic mass is 10.00. The minimum Gasteiger partial charge on any atom is -0.486 e. The number of nitrogens with one attached hydrogen (secondary N) is 1. The van der Waals surface area contributed by atoms with Gasteiger partial charge in [0.15, 0.2) is 5.75 Å². The molecule has 2 rings (SSSR count). The Bertz CT molecular complexity index is 875. The van der Waals surface area contributed by atoms with Crippen LogP contribution in [0.25, 0.3) is 11.1 Å². The molecule has 0 radical (unpaired) electrons. The molecule has 0 aliphatic rings. The van der Waals surface area contributed by atoms with Crippen molar-refractivity contribution in [2.45, 2.75) is 51.2 Å². The minimum absolute atomic E-state index is 0.134. The van der Waals surface area contributed by atoms with Crippen LogP contribution in [0.4, 0.5) is 4.79 Å². The maximum atomic E-state index is 12.1. The molecule has 0 atom stereocenters. The van der Waals surface area contributed by atoms with Crippen molar-refractivity contribution in [3.8, 4) is 16.9 Å². The zero-order valence-corrected chi connectivity index (χ0v) is 17.1. The number of benzene rings is 1. The standard InChI is InChI=1S/C20H25NO5S/c1-12(2)25-18-15(16(22)17(18)23)13-8-6-7-9-14(13)27-11-10-21-19(24)26-20(3,4)5/h6-9,12H,10-11H2,1-5H3,(H,21,24). The number of alkyl carbamates (subject to hydrolysis) is 1. The molecule has 27 heavy (non-hydrogen) atoms. The smallest absolute Gasteiger partial charge is 0.407 e. The van der Waals surface area contributed by atoms with Gasteiger partial charge in [0.25, 0.3) is 5.43 Å². The Morgan fingerprint density at radius 1 is 1.15 bits per heavy atom. The van der Waals surface area contributed by atoms with Crippen molar-refractivity contribution < 1.29 is 14.3 Å². The number of hydrogen-bond acceptors (Lipinski definition) is 6. The zero-order valence-electron chi connectivity index (χ0n) is 16.3. The van der Waals surface area contributed by atoms with Gasteiger partial charge in [0.1, 0.15) is 5.60 Å². The van der Waals surface area contributed by atoms with Gasteiger partial charge in [-0.3, -0.25) is 9.59 Å². The minimum atomic E-state index is -0.579. The lowest BCUT2D eigenvalue weighted by molar-refractivity contribution is 0.0531. The lowest BCUT2D eigenvalue weighted by Gasteiger charge is -2.19. The first kappa shape index (κ1) is 21.0. The highest BCUT2D eigenvalue weighted by atomic mass is 32.2. The summed E-state index contributed by atoms with van der Waals surface area (Å²) in [4.78, 5) is 36.5. The molecule has 0 fully saturated rings. The number of carbonyl (C=O) groups is 1. The van der Waals surface area contributed by atoms with E-state index in [2.05, 4.69) is 5.32 Å². The van der Waals surface area contributed by atoms with E-state index in [4.69, 9.17) is 9.47 Å². The fourth-order valence-electron chi connectivity index (χ4n) is 2.39. The van der Waals surface area contributed by atoms with E-state index in [-0.39, 0.29) is 11.9 Å². The second-order valence-corrected chi connectivity index (χ2v) is 8.44. The molecule has 0 saturated heterocycles. The van der Waals surface area contributed by atoms with Crippen molar-refractivity contribution in [2.75, 3.05) is 12.3 Å². The monoisotopic (exact) mass is 391 g/mol. The van der Waals surface area contributed by atoms with Crippen molar-refractivity contribution >= 4 is 17.9 Å². The summed E-state index contributed by atoms with van der Waals surface area (Å²) in [5.41, 5.74) is -0.632. The summed E-state index contributed by atoms with van der Waals surface area (Å²) in [6, 6.07) is 7.35. The van der Waals surface area contributed by atoms with Gasteiger partial charge >= 0.3 is 6.09 Å². The van der Waals surface area contributed by atoms with E-state index in [1.54, 1.807) is 26.8 Å². The number of hydrogen-bond donors (Lipinski definition) is 1. The van der Waals surface area contributed by atoms with Crippen LogP contribution >= 0.6 is 11.8 Å². The van der Waals surface area contributed by atoms with Crippen LogP contribution in [0.1, 0.15) is 34.6 Å². The molecular weight excluding hydrogens is 366 g/mol. The van der Waals surface area contributed by atoms with Gasteiger partial charge in [-0.1, -0.05) is 18.2 Å². The molecule has 2 aromatic rings. The van der Waals surface area contributed by atoms with E-state index in [0.29, 0.717) is 23.4 Å². The topological polar surface area (TPSA) is 81.7 Å². The molecule has 0 aliphatic carbocycles. The maximum Gasteiger partial charge on any atom is 0.407 e. The van der Waals surface area contributed by atoms with Crippen molar-refractivity contribution in [1.82, 2.24) is 5.32 Å². The Balaban J connectivity index is 2.05. The second-order valence-electron chi connectivity index (χ2n) is 7.30. The molecule has 0 aliphatic heterocycles. The van der Waals surface area contributed by atoms with Gasteiger partial charge in [-0.25, -0.2) is 4.79 Å². The first-order valence-corrected chi connectivity index (χ1v) is 9.77. The first-order chi connectivity index (χ1) is 12.6. The highest BCUT2D eigenvalue weighted by Crippen LogP contribution is 2.34. The van der Waals surface area contributed by atoms with Crippen LogP contribution in [-0.2, 0) is 4.74 Å². The predicted molar refractivity (Wildman–Crippen MR) is 108 cm³/mol. The molecule has 0 bridgehead atoms. The number of thioether (sulfide) groups is 1. The Hall–Kier alpha value is -2.28. The molecular formula is C20H25NO5S. The first-order valence-electron chi connectivity index (χ1n) is 8.79. The summed E-state index contributed by atoms with van der Waals surface area (Å²) in [7, 11) is 0. The number of amides is 1. The van der Waals surface area contributed by atoms with Gasteiger partial charge in [0.05, 0.1) is 11.7 Å². The quantitative estimate of drug-likeness (QED) is 0.443. The molecule has 0 saturated carbocycles. The number of ether oxygens (including phenoxy) is 2. The summed E-state index contributed by atoms with van der Waals surface area (Å²) < 4.78 is 10.7. The third-order valence-electron chi connectivity index (χ3n) is 3.40. The van der Waals surface area contributed by atoms with Crippen LogP contribution in [0.3, 0.4) is 0 Å². The van der Waals surface area contributed by atoms with Crippen LogP contribution in [0, 0.1) is 0 Å². The van der Waals surface area contributed by atoms with E-state index < -0.39 is 22.6 Å². The van der Waals surface area contributed by atoms with E-state index in [1.807, 2.05) is 32.0 Å². The largest absolute Gasteiger partial charge is 0.486 e. The van der Waals surface area contributed by atoms with E-state index in [9.17, 15) is 14.4 Å². The molecule has 1 N–H and O–H groups in total. The SMILES string of the molecule is CC(C)Oc1c(-c2ccccc2SCCNC(=O)OC(C)(C)C)c(=O)c1=O. The molecule has 0 heterocycles. The van der Waals surface area contributed by atoms with Crippen molar-refractivity contribution in [1.29, 1.82) is 0 Å². The summed E-state index contributed by atoms with van der Waals surface area (Å²) in [6.07, 6.45) is -0.656. The molecule has 146 valence electrons. The van der Waals surface area contributed by atoms with Gasteiger partial charge in [-0.2, -0.15) is 0 Å². The van der Waals surface area contributed by atoms with Crippen LogP contribution in [0.2, 0.25) is 0 Å². The molecule has 6 nitrogen and oxygen atoms in total. The van der Waals surface area contributed by atoms with E-state index >= 15 is 0 Å². The summed E-state index contributed by atoms with van der Waals surface area (Å²) in [6.45, 7) is 9.44. The van der Waals surface area contributed by atoms with E-state index in [1.165, 1.54) is 11.8 Å². The average Bonchev–Trinajstić information content (AvgIpc) is 2.57. The van der Waals surface area contributed by atoms with Gasteiger partial charge in [0, 0.05) is 22.8 Å². The highest BCUT2D eigenvalue weighted by molar-refractivity contribution is 7.99. The number of carbonyl (C=O) groups excluding carboxylic acids is 1. The fraction of sp³-hybridized carbons (Fsp3) is 0.450. The lowest BCUT2D eigenvalue weighted by Crippen LogP contribution is -2.36. The molecule has 7 heteroatoms. The summed E-state index contributed by atoms with van der Waals surface area (Å²) >= 11 is 1.49. The molecule has 0 aromatic heterocycles. The van der Waals surface area contributed by atoms with Crippen LogP contribution in [-0.4, -0.2) is 30.1 Å². The zero-order chi connectivity index (χ0) is 20.2. The predicted octanol–water partition coefficient (Wildman–Crippen LogP) is 3.35. The second kappa shape index (κ2) is 8.61. The van der Waals surface area contributed by atoms with Crippen LogP contribution in [0.15, 0.2) is 38.8 Å². The van der Waals surface area contributed by atoms with Gasteiger partial charge in [-0.05, 0) is 40.7 Å². The maximum absolute atomic E-state index is 12.1. The highest BCUT2D eigenvalue weighted by Gasteiger charge is 2.26. The van der Waals surface area contributed by atoms with Gasteiger partial charge < -0.3 is 14.8 Å². The Kier molecular flexibility index (Phi) is 6.70. The van der Waals surface area contributed by atoms with Crippen LogP contribution < -0.4 is 20.9 Å². The molecule has 2 aromatic carbocycles. The summed E-state index contributed by atoms with van der Waals surface area (Å²) in [5.74, 6) is 0.724. The molecule has 0 spiro atoms. The van der Waals surface area contributed by atoms with Crippen molar-refractivity contribution in [3.63, 3.8) is 0 Å². The number of rotatable bonds is 7. The fourth-order valence-corrected chi connectivity index (χ4v) is 3.32. The van der Waals surface area contributed by atoms with Gasteiger partial charge in [-0.15, -0.1) is 11.8 Å². The van der Waals surface area contributed by atoms with E-state index in [0.717, 1.165) is 4.90 Å². The Morgan fingerprint density at radius 3 is 2.44 bits per heavy atom. The summed E-state index contributed by atoms with van der Waals surface area (Å²) in [5, 5.41) is 2.70. The molecule has 0 unspecified atom stereocenters. The van der Waals surface area contributed by atoms with Crippen molar-refractivity contribution in [3.05, 3.63) is 44.7 Å². The van der Waals surface area contributed by atoms with Crippen molar-refractivity contribution in [2.24, 2.45) is 0 Å². The van der Waals surface area contributed by atoms with Gasteiger partial charge in [0.2, 0.25) is 5.43 Å². The third kappa shape index (κ3) is 5.60. The molecule has 1 amide bonds. The third-order valence-corrected chi connectivity index (χ3v) is 4.48.